The SMILES string of the molecule is CCC(C)C(=O)c1cc(C)c(-c2nc3cc(C)ccn3c2CC(=O)CN(CC(OC)OC)C(=O)OC)c(F)c1. The Morgan fingerprint density at radius 1 is 1.10 bits per heavy atom. The third-order valence-electron chi connectivity index (χ3n) is 6.81. The number of hydrogen-bond donors (Lipinski definition) is 0. The van der Waals surface area contributed by atoms with E-state index < -0.39 is 18.2 Å². The number of ketones is 2. The molecule has 1 atom stereocenters. The van der Waals surface area contributed by atoms with Crippen molar-refractivity contribution in [1.82, 2.24) is 14.3 Å². The zero-order valence-corrected chi connectivity index (χ0v) is 23.5. The Kier molecular flexibility index (Phi) is 9.93. The fourth-order valence-electron chi connectivity index (χ4n) is 4.44. The molecule has 1 aromatic carbocycles. The minimum absolute atomic E-state index is 0.0238. The number of Topliss-reactive ketones (excluding diaryl/α,β-unsaturated/α-hetero) is 2. The summed E-state index contributed by atoms with van der Waals surface area (Å²) < 4.78 is 32.6. The average Bonchev–Trinajstić information content (AvgIpc) is 3.25. The molecule has 10 heteroatoms. The van der Waals surface area contributed by atoms with Gasteiger partial charge in [-0.15, -0.1) is 0 Å². The number of nitrogens with zero attached hydrogens (tertiary/aromatic N) is 3. The zero-order valence-electron chi connectivity index (χ0n) is 23.5. The highest BCUT2D eigenvalue weighted by molar-refractivity contribution is 5.98. The molecule has 0 aliphatic heterocycles. The Morgan fingerprint density at radius 2 is 1.79 bits per heavy atom. The number of carbonyl (C=O) groups excluding carboxylic acids is 3. The van der Waals surface area contributed by atoms with Crippen LogP contribution in [0.3, 0.4) is 0 Å². The quantitative estimate of drug-likeness (QED) is 0.240. The van der Waals surface area contributed by atoms with Gasteiger partial charge in [0, 0.05) is 37.5 Å². The second-order valence-corrected chi connectivity index (χ2v) is 9.63. The summed E-state index contributed by atoms with van der Waals surface area (Å²) in [5, 5.41) is 0. The van der Waals surface area contributed by atoms with Crippen LogP contribution in [-0.2, 0) is 25.4 Å². The van der Waals surface area contributed by atoms with Crippen LogP contribution >= 0.6 is 0 Å². The number of halogens is 1. The number of imidazole rings is 1. The summed E-state index contributed by atoms with van der Waals surface area (Å²) in [7, 11) is 4.08. The normalized spacial score (nSPS) is 12.1. The van der Waals surface area contributed by atoms with Gasteiger partial charge in [0.2, 0.25) is 0 Å². The Balaban J connectivity index is 2.05. The number of carbonyl (C=O) groups is 3. The Hall–Kier alpha value is -3.63. The number of aromatic nitrogens is 2. The van der Waals surface area contributed by atoms with Gasteiger partial charge in [0.1, 0.15) is 11.5 Å². The van der Waals surface area contributed by atoms with E-state index in [9.17, 15) is 14.4 Å². The smallest absolute Gasteiger partial charge is 0.410 e. The molecule has 0 N–H and O–H groups in total. The second kappa shape index (κ2) is 12.9. The third kappa shape index (κ3) is 6.69. The number of rotatable bonds is 12. The lowest BCUT2D eigenvalue weighted by Gasteiger charge is -2.24. The number of hydrogen-bond acceptors (Lipinski definition) is 7. The summed E-state index contributed by atoms with van der Waals surface area (Å²) in [6.07, 6.45) is 0.836. The fraction of sp³-hybridized carbons (Fsp3) is 0.448. The highest BCUT2D eigenvalue weighted by atomic mass is 19.1. The van der Waals surface area contributed by atoms with Gasteiger partial charge in [-0.2, -0.15) is 0 Å². The van der Waals surface area contributed by atoms with Gasteiger partial charge in [0.25, 0.3) is 0 Å². The fourth-order valence-corrected chi connectivity index (χ4v) is 4.44. The van der Waals surface area contributed by atoms with Crippen LogP contribution in [0.5, 0.6) is 0 Å². The molecule has 39 heavy (non-hydrogen) atoms. The van der Waals surface area contributed by atoms with Crippen LogP contribution in [-0.4, -0.2) is 72.7 Å². The highest BCUT2D eigenvalue weighted by Crippen LogP contribution is 2.32. The molecule has 2 heterocycles. The number of benzene rings is 1. The first kappa shape index (κ1) is 29.9. The predicted molar refractivity (Wildman–Crippen MR) is 144 cm³/mol. The molecule has 0 saturated carbocycles. The highest BCUT2D eigenvalue weighted by Gasteiger charge is 2.26. The lowest BCUT2D eigenvalue weighted by molar-refractivity contribution is -0.125. The van der Waals surface area contributed by atoms with Crippen LogP contribution in [0, 0.1) is 25.6 Å². The zero-order chi connectivity index (χ0) is 28.9. The molecule has 0 aliphatic rings. The molecular weight excluding hydrogens is 505 g/mol. The topological polar surface area (TPSA) is 99.4 Å². The maximum Gasteiger partial charge on any atom is 0.410 e. The van der Waals surface area contributed by atoms with E-state index in [1.165, 1.54) is 32.3 Å². The summed E-state index contributed by atoms with van der Waals surface area (Å²) >= 11 is 0. The van der Waals surface area contributed by atoms with Crippen molar-refractivity contribution in [2.45, 2.75) is 46.8 Å². The van der Waals surface area contributed by atoms with Crippen molar-refractivity contribution in [3.8, 4) is 11.3 Å². The average molecular weight is 542 g/mol. The number of aryl methyl sites for hydroxylation is 2. The van der Waals surface area contributed by atoms with E-state index in [1.807, 2.05) is 32.9 Å². The molecule has 0 fully saturated rings. The molecule has 0 saturated heterocycles. The van der Waals surface area contributed by atoms with E-state index in [2.05, 4.69) is 0 Å². The van der Waals surface area contributed by atoms with E-state index in [0.717, 1.165) is 5.56 Å². The molecule has 3 rings (SSSR count). The van der Waals surface area contributed by atoms with Gasteiger partial charge in [-0.25, -0.2) is 14.2 Å². The van der Waals surface area contributed by atoms with Gasteiger partial charge in [0.05, 0.1) is 38.0 Å². The van der Waals surface area contributed by atoms with E-state index in [4.69, 9.17) is 19.2 Å². The van der Waals surface area contributed by atoms with Crippen molar-refractivity contribution in [3.05, 3.63) is 58.7 Å². The maximum absolute atomic E-state index is 15.6. The van der Waals surface area contributed by atoms with E-state index in [0.29, 0.717) is 34.6 Å². The van der Waals surface area contributed by atoms with Crippen molar-refractivity contribution < 1.29 is 33.0 Å². The van der Waals surface area contributed by atoms with Crippen LogP contribution in [0.4, 0.5) is 9.18 Å². The van der Waals surface area contributed by atoms with E-state index >= 15 is 4.39 Å². The molecule has 0 aliphatic carbocycles. The van der Waals surface area contributed by atoms with Crippen molar-refractivity contribution in [3.63, 3.8) is 0 Å². The van der Waals surface area contributed by atoms with E-state index in [1.54, 1.807) is 23.6 Å². The Labute approximate surface area is 227 Å². The van der Waals surface area contributed by atoms with Crippen LogP contribution in [0.2, 0.25) is 0 Å². The molecule has 1 amide bonds. The largest absolute Gasteiger partial charge is 0.453 e. The standard InChI is InChI=1S/C29H36FN3O6/c1-8-18(3)28(35)20-12-19(4)26(22(30)13-20)27-23(33-10-9-17(2)11-24(33)31-27)14-21(34)15-32(29(36)39-7)16-25(37-5)38-6/h9-13,18,25H,8,14-16H2,1-7H3. The van der Waals surface area contributed by atoms with Crippen molar-refractivity contribution >= 4 is 23.3 Å². The first-order valence-electron chi connectivity index (χ1n) is 12.8. The molecular formula is C29H36FN3O6. The Bertz CT molecular complexity index is 1340. The van der Waals surface area contributed by atoms with Crippen LogP contribution in [0.1, 0.15) is 47.4 Å². The lowest BCUT2D eigenvalue weighted by Crippen LogP contribution is -2.42. The molecule has 3 aromatic rings. The van der Waals surface area contributed by atoms with Crippen molar-refractivity contribution in [1.29, 1.82) is 0 Å². The molecule has 0 spiro atoms. The molecule has 0 bridgehead atoms. The van der Waals surface area contributed by atoms with Gasteiger partial charge in [-0.1, -0.05) is 13.8 Å². The number of amides is 1. The van der Waals surface area contributed by atoms with Crippen LogP contribution in [0.25, 0.3) is 16.9 Å². The van der Waals surface area contributed by atoms with Crippen molar-refractivity contribution in [2.24, 2.45) is 5.92 Å². The van der Waals surface area contributed by atoms with Crippen LogP contribution in [0.15, 0.2) is 30.5 Å². The Morgan fingerprint density at radius 3 is 2.38 bits per heavy atom. The number of fused-ring (bicyclic) bond motifs is 1. The summed E-state index contributed by atoms with van der Waals surface area (Å²) in [6, 6.07) is 6.62. The molecule has 2 aromatic heterocycles. The van der Waals surface area contributed by atoms with E-state index in [-0.39, 0.29) is 42.6 Å². The van der Waals surface area contributed by atoms with Gasteiger partial charge >= 0.3 is 6.09 Å². The van der Waals surface area contributed by atoms with Gasteiger partial charge in [-0.05, 0) is 55.7 Å². The lowest BCUT2D eigenvalue weighted by atomic mass is 9.93. The molecule has 210 valence electrons. The summed E-state index contributed by atoms with van der Waals surface area (Å²) in [6.45, 7) is 7.06. The minimum atomic E-state index is -0.750. The number of methoxy groups -OCH3 is 3. The van der Waals surface area contributed by atoms with Gasteiger partial charge in [-0.3, -0.25) is 14.5 Å². The monoisotopic (exact) mass is 541 g/mol. The predicted octanol–water partition coefficient (Wildman–Crippen LogP) is 4.78. The number of pyridine rings is 1. The molecule has 0 radical (unpaired) electrons. The number of ether oxygens (including phenoxy) is 3. The maximum atomic E-state index is 15.6. The summed E-state index contributed by atoms with van der Waals surface area (Å²) in [5.74, 6) is -1.26. The first-order valence-corrected chi connectivity index (χ1v) is 12.8. The summed E-state index contributed by atoms with van der Waals surface area (Å²) in [4.78, 5) is 44.3. The second-order valence-electron chi connectivity index (χ2n) is 9.63. The molecule has 1 unspecified atom stereocenters. The van der Waals surface area contributed by atoms with Gasteiger partial charge in [0.15, 0.2) is 17.9 Å². The third-order valence-corrected chi connectivity index (χ3v) is 6.81. The molecule has 9 nitrogen and oxygen atoms in total. The minimum Gasteiger partial charge on any atom is -0.453 e. The van der Waals surface area contributed by atoms with Crippen molar-refractivity contribution in [2.75, 3.05) is 34.4 Å². The van der Waals surface area contributed by atoms with Crippen LogP contribution < -0.4 is 0 Å². The van der Waals surface area contributed by atoms with Gasteiger partial charge < -0.3 is 18.6 Å². The first-order chi connectivity index (χ1) is 18.5. The summed E-state index contributed by atoms with van der Waals surface area (Å²) in [5.41, 5.74) is 3.35.